The molecule has 3 unspecified atom stereocenters. The molecule has 0 aromatic heterocycles. The highest BCUT2D eigenvalue weighted by Crippen LogP contribution is 2.52. The van der Waals surface area contributed by atoms with Crippen molar-refractivity contribution in [3.8, 4) is 0 Å². The Bertz CT molecular complexity index is 1300. The third-order valence-electron chi connectivity index (χ3n) is 7.84. The molecule has 2 aromatic carbocycles. The Hall–Kier alpha value is -2.13. The number of carboxylic acids is 1. The lowest BCUT2D eigenvalue weighted by Crippen LogP contribution is -2.58. The lowest BCUT2D eigenvalue weighted by molar-refractivity contribution is -0.160. The summed E-state index contributed by atoms with van der Waals surface area (Å²) in [6, 6.07) is 13.8. The lowest BCUT2D eigenvalue weighted by atomic mass is 9.67. The summed E-state index contributed by atoms with van der Waals surface area (Å²) in [5.74, 6) is -1.63. The average molecular weight is 582 g/mol. The maximum Gasteiger partial charge on any atom is 0.304 e. The average Bonchev–Trinajstić information content (AvgIpc) is 3.70. The monoisotopic (exact) mass is 580 g/mol. The molecule has 38 heavy (non-hydrogen) atoms. The molecule has 1 saturated carbocycles. The highest BCUT2D eigenvalue weighted by Gasteiger charge is 2.52. The van der Waals surface area contributed by atoms with E-state index in [1.54, 1.807) is 37.1 Å². The quantitative estimate of drug-likeness (QED) is 0.387. The number of rotatable bonds is 10. The zero-order valence-corrected chi connectivity index (χ0v) is 24.1. The number of carboxylic acid groups (broad SMARTS) is 1. The number of carbonyl (C=O) groups is 2. The second-order valence-corrected chi connectivity index (χ2v) is 14.0. The van der Waals surface area contributed by atoms with Crippen LogP contribution in [0.15, 0.2) is 48.5 Å². The Kier molecular flexibility index (Phi) is 8.48. The van der Waals surface area contributed by atoms with Gasteiger partial charge in [0, 0.05) is 35.6 Å². The van der Waals surface area contributed by atoms with Gasteiger partial charge in [-0.2, -0.15) is 0 Å². The fraction of sp³-hybridized carbons (Fsp3) is 0.500. The van der Waals surface area contributed by atoms with Crippen molar-refractivity contribution in [1.29, 1.82) is 0 Å². The summed E-state index contributed by atoms with van der Waals surface area (Å²) in [4.78, 5) is 28.0. The Balaban J connectivity index is 1.86. The molecule has 1 amide bonds. The van der Waals surface area contributed by atoms with Gasteiger partial charge in [0.05, 0.1) is 23.1 Å². The van der Waals surface area contributed by atoms with E-state index in [2.05, 4.69) is 0 Å². The molecule has 10 heteroatoms. The third-order valence-corrected chi connectivity index (χ3v) is 10.7. The molecule has 2 aromatic rings. The number of nitrogens with zero attached hydrogens (tertiary/aromatic N) is 2. The molecule has 4 rings (SSSR count). The summed E-state index contributed by atoms with van der Waals surface area (Å²) in [7, 11) is -1.91. The van der Waals surface area contributed by atoms with Crippen molar-refractivity contribution in [2.75, 3.05) is 13.6 Å². The molecule has 1 heterocycles. The number of piperidine rings is 1. The number of likely N-dealkylation sites (tertiary alicyclic amines) is 1. The van der Waals surface area contributed by atoms with Crippen LogP contribution in [0.2, 0.25) is 10.0 Å². The van der Waals surface area contributed by atoms with Gasteiger partial charge in [0.15, 0.2) is 0 Å². The molecule has 1 aliphatic carbocycles. The minimum atomic E-state index is -3.47. The Morgan fingerprint density at radius 3 is 2.34 bits per heavy atom. The van der Waals surface area contributed by atoms with Gasteiger partial charge >= 0.3 is 5.97 Å². The van der Waals surface area contributed by atoms with Crippen LogP contribution in [0, 0.1) is 5.41 Å². The van der Waals surface area contributed by atoms with Gasteiger partial charge in [0.25, 0.3) is 0 Å². The summed E-state index contributed by atoms with van der Waals surface area (Å²) >= 11 is 12.6. The van der Waals surface area contributed by atoms with Gasteiger partial charge in [-0.25, -0.2) is 12.7 Å². The Morgan fingerprint density at radius 1 is 1.13 bits per heavy atom. The second-order valence-electron chi connectivity index (χ2n) is 10.8. The van der Waals surface area contributed by atoms with E-state index >= 15 is 0 Å². The van der Waals surface area contributed by atoms with Gasteiger partial charge in [0.2, 0.25) is 15.9 Å². The molecule has 2 aliphatic rings. The largest absolute Gasteiger partial charge is 0.481 e. The molecule has 4 atom stereocenters. The van der Waals surface area contributed by atoms with Crippen LogP contribution in [0.1, 0.15) is 69.0 Å². The molecular formula is C28H34Cl2N2O5S. The number of halogens is 2. The number of hydrogen-bond donors (Lipinski definition) is 1. The van der Waals surface area contributed by atoms with Crippen molar-refractivity contribution in [3.63, 3.8) is 0 Å². The van der Waals surface area contributed by atoms with Gasteiger partial charge in [-0.05, 0) is 61.1 Å². The number of amides is 1. The van der Waals surface area contributed by atoms with E-state index in [1.165, 1.54) is 4.31 Å². The van der Waals surface area contributed by atoms with Crippen LogP contribution in [0.5, 0.6) is 0 Å². The standard InChI is InChI=1S/C28H34Cl2N2O5S/c1-4-22(17-31(3)38(36,37)23-12-13-23)32-26(18-8-10-20(29)11-9-18)24(19-6-5-7-21(30)14-19)15-28(2,27(32)35)16-25(33)34/h5-11,14,22-24,26H,4,12-13,15-17H2,1-3H3,(H,33,34)/t22?,24?,26?,28-/m1/s1. The first-order valence-corrected chi connectivity index (χ1v) is 15.1. The minimum absolute atomic E-state index is 0.122. The number of carbonyl (C=O) groups excluding carboxylic acids is 1. The molecule has 206 valence electrons. The van der Waals surface area contributed by atoms with E-state index in [4.69, 9.17) is 23.2 Å². The van der Waals surface area contributed by atoms with Crippen LogP contribution in [-0.4, -0.2) is 59.5 Å². The van der Waals surface area contributed by atoms with E-state index in [-0.39, 0.29) is 30.0 Å². The minimum Gasteiger partial charge on any atom is -0.481 e. The highest BCUT2D eigenvalue weighted by atomic mass is 35.5. The first-order valence-electron chi connectivity index (χ1n) is 12.9. The van der Waals surface area contributed by atoms with Gasteiger partial charge in [0.1, 0.15) is 0 Å². The normalized spacial score (nSPS) is 25.0. The third kappa shape index (κ3) is 5.88. The van der Waals surface area contributed by atoms with Crippen LogP contribution in [0.3, 0.4) is 0 Å². The first kappa shape index (κ1) is 28.9. The van der Waals surface area contributed by atoms with Gasteiger partial charge in [-0.1, -0.05) is 61.3 Å². The molecule has 0 radical (unpaired) electrons. The van der Waals surface area contributed by atoms with Crippen LogP contribution in [0.4, 0.5) is 0 Å². The highest BCUT2D eigenvalue weighted by molar-refractivity contribution is 7.90. The maximum atomic E-state index is 14.3. The number of sulfonamides is 1. The molecule has 1 aliphatic heterocycles. The predicted molar refractivity (Wildman–Crippen MR) is 149 cm³/mol. The topological polar surface area (TPSA) is 95.0 Å². The van der Waals surface area contributed by atoms with E-state index in [9.17, 15) is 23.1 Å². The van der Waals surface area contributed by atoms with Crippen molar-refractivity contribution in [2.45, 2.75) is 69.2 Å². The lowest BCUT2D eigenvalue weighted by Gasteiger charge is -2.52. The zero-order chi connectivity index (χ0) is 27.8. The Labute approximate surface area is 234 Å². The van der Waals surface area contributed by atoms with Crippen LogP contribution < -0.4 is 0 Å². The first-order chi connectivity index (χ1) is 17.9. The summed E-state index contributed by atoms with van der Waals surface area (Å²) in [5.41, 5.74) is 0.542. The van der Waals surface area contributed by atoms with Gasteiger partial charge in [-0.15, -0.1) is 0 Å². The molecule has 2 fully saturated rings. The molecule has 7 nitrogen and oxygen atoms in total. The van der Waals surface area contributed by atoms with Crippen LogP contribution in [-0.2, 0) is 19.6 Å². The predicted octanol–water partition coefficient (Wildman–Crippen LogP) is 5.73. The van der Waals surface area contributed by atoms with Crippen LogP contribution >= 0.6 is 23.2 Å². The van der Waals surface area contributed by atoms with E-state index in [0.29, 0.717) is 35.7 Å². The van der Waals surface area contributed by atoms with E-state index in [0.717, 1.165) is 11.1 Å². The zero-order valence-electron chi connectivity index (χ0n) is 21.8. The van der Waals surface area contributed by atoms with Crippen molar-refractivity contribution < 1.29 is 23.1 Å². The van der Waals surface area contributed by atoms with Gasteiger partial charge < -0.3 is 10.0 Å². The van der Waals surface area contributed by atoms with E-state index < -0.39 is 33.5 Å². The number of benzene rings is 2. The number of aliphatic carboxylic acids is 1. The molecule has 0 bridgehead atoms. The Morgan fingerprint density at radius 2 is 1.79 bits per heavy atom. The van der Waals surface area contributed by atoms with Crippen LogP contribution in [0.25, 0.3) is 0 Å². The molecule has 1 N–H and O–H groups in total. The molecular weight excluding hydrogens is 547 g/mol. The summed E-state index contributed by atoms with van der Waals surface area (Å²) < 4.78 is 27.4. The number of likely N-dealkylation sites (N-methyl/N-ethyl adjacent to an activating group) is 1. The van der Waals surface area contributed by atoms with Crippen molar-refractivity contribution in [3.05, 3.63) is 69.7 Å². The fourth-order valence-corrected chi connectivity index (χ4v) is 7.66. The van der Waals surface area contributed by atoms with Crippen molar-refractivity contribution in [1.82, 2.24) is 9.21 Å². The fourth-order valence-electron chi connectivity index (χ4n) is 5.72. The van der Waals surface area contributed by atoms with Crippen molar-refractivity contribution >= 4 is 45.1 Å². The summed E-state index contributed by atoms with van der Waals surface area (Å²) in [6.45, 7) is 3.74. The maximum absolute atomic E-state index is 14.3. The number of hydrogen-bond acceptors (Lipinski definition) is 4. The van der Waals surface area contributed by atoms with Crippen molar-refractivity contribution in [2.24, 2.45) is 5.41 Å². The summed E-state index contributed by atoms with van der Waals surface area (Å²) in [5, 5.41) is 10.5. The smallest absolute Gasteiger partial charge is 0.304 e. The second kappa shape index (κ2) is 11.2. The summed E-state index contributed by atoms with van der Waals surface area (Å²) in [6.07, 6.45) is 1.75. The van der Waals surface area contributed by atoms with Gasteiger partial charge in [-0.3, -0.25) is 9.59 Å². The SMILES string of the molecule is CCC(CN(C)S(=O)(=O)C1CC1)N1C(=O)[C@@](C)(CC(=O)O)CC(c2cccc(Cl)c2)C1c1ccc(Cl)cc1. The van der Waals surface area contributed by atoms with E-state index in [1.807, 2.05) is 37.3 Å². The molecule has 1 saturated heterocycles. The molecule has 0 spiro atoms.